The van der Waals surface area contributed by atoms with E-state index in [-0.39, 0.29) is 6.03 Å². The Morgan fingerprint density at radius 3 is 2.55 bits per heavy atom. The molecule has 0 heterocycles. The van der Waals surface area contributed by atoms with Gasteiger partial charge in [0.25, 0.3) is 0 Å². The molecule has 5 nitrogen and oxygen atoms in total. The highest BCUT2D eigenvalue weighted by Crippen LogP contribution is 2.25. The van der Waals surface area contributed by atoms with Crippen LogP contribution in [0.4, 0.5) is 10.5 Å². The number of aliphatic imine (C=N–C) groups is 1. The number of hydrogen-bond acceptors (Lipinski definition) is 2. The van der Waals surface area contributed by atoms with Gasteiger partial charge in [0.2, 0.25) is 0 Å². The van der Waals surface area contributed by atoms with Crippen LogP contribution in [-0.4, -0.2) is 32.6 Å². The molecule has 0 saturated carbocycles. The monoisotopic (exact) mass is 276 g/mol. The Morgan fingerprint density at radius 1 is 1.35 bits per heavy atom. The van der Waals surface area contributed by atoms with Gasteiger partial charge in [-0.05, 0) is 31.4 Å². The van der Waals surface area contributed by atoms with E-state index in [4.69, 9.17) is 0 Å². The van der Waals surface area contributed by atoms with Crippen LogP contribution in [0.3, 0.4) is 0 Å². The van der Waals surface area contributed by atoms with Gasteiger partial charge in [0, 0.05) is 20.6 Å². The summed E-state index contributed by atoms with van der Waals surface area (Å²) in [5, 5.41) is 5.62. The Kier molecular flexibility index (Phi) is 6.03. The molecule has 0 aromatic heterocycles. The molecule has 0 bridgehead atoms. The Balaban J connectivity index is 3.11. The van der Waals surface area contributed by atoms with Gasteiger partial charge in [0.15, 0.2) is 5.96 Å². The van der Waals surface area contributed by atoms with Gasteiger partial charge in [-0.2, -0.15) is 0 Å². The van der Waals surface area contributed by atoms with Crippen molar-refractivity contribution >= 4 is 17.7 Å². The predicted molar refractivity (Wildman–Crippen MR) is 84.5 cm³/mol. The third-order valence-electron chi connectivity index (χ3n) is 3.22. The van der Waals surface area contributed by atoms with Crippen LogP contribution >= 0.6 is 0 Å². The van der Waals surface area contributed by atoms with Crippen molar-refractivity contribution in [2.24, 2.45) is 4.99 Å². The van der Waals surface area contributed by atoms with Crippen LogP contribution in [0, 0.1) is 6.92 Å². The molecule has 2 N–H and O–H groups in total. The van der Waals surface area contributed by atoms with Gasteiger partial charge < -0.3 is 5.32 Å². The molecule has 0 aliphatic carbocycles. The molecule has 110 valence electrons. The van der Waals surface area contributed by atoms with Gasteiger partial charge >= 0.3 is 6.03 Å². The minimum Gasteiger partial charge on any atom is -0.359 e. The van der Waals surface area contributed by atoms with E-state index in [0.717, 1.165) is 17.7 Å². The molecule has 0 atom stereocenters. The highest BCUT2D eigenvalue weighted by molar-refractivity contribution is 6.04. The Hall–Kier alpha value is -2.04. The lowest BCUT2D eigenvalue weighted by atomic mass is 10.0. The lowest BCUT2D eigenvalue weighted by Crippen LogP contribution is -2.47. The van der Waals surface area contributed by atoms with Crippen LogP contribution in [0.15, 0.2) is 23.2 Å². The number of anilines is 1. The van der Waals surface area contributed by atoms with Crippen molar-refractivity contribution in [2.45, 2.75) is 27.2 Å². The number of carbonyl (C=O) groups is 1. The molecule has 0 radical (unpaired) electrons. The molecule has 5 heteroatoms. The lowest BCUT2D eigenvalue weighted by molar-refractivity contribution is 0.250. The summed E-state index contributed by atoms with van der Waals surface area (Å²) in [6.07, 6.45) is 0.890. The van der Waals surface area contributed by atoms with Crippen molar-refractivity contribution in [1.29, 1.82) is 0 Å². The molecule has 0 fully saturated rings. The number of rotatable bonds is 3. The van der Waals surface area contributed by atoms with E-state index in [1.807, 2.05) is 26.0 Å². The average Bonchev–Trinajstić information content (AvgIpc) is 2.46. The number of para-hydroxylation sites is 1. The van der Waals surface area contributed by atoms with E-state index < -0.39 is 0 Å². The highest BCUT2D eigenvalue weighted by Gasteiger charge is 2.19. The van der Waals surface area contributed by atoms with Gasteiger partial charge in [-0.25, -0.2) is 4.79 Å². The van der Waals surface area contributed by atoms with Crippen molar-refractivity contribution in [3.05, 3.63) is 29.3 Å². The smallest absolute Gasteiger partial charge is 0.328 e. The van der Waals surface area contributed by atoms with Crippen molar-refractivity contribution in [1.82, 2.24) is 10.6 Å². The summed E-state index contributed by atoms with van der Waals surface area (Å²) in [5.41, 5.74) is 3.25. The van der Waals surface area contributed by atoms with E-state index in [1.165, 1.54) is 5.56 Å². The third kappa shape index (κ3) is 3.50. The summed E-state index contributed by atoms with van der Waals surface area (Å²) < 4.78 is 0. The number of nitrogens with one attached hydrogen (secondary N) is 2. The molecule has 0 aliphatic heterocycles. The van der Waals surface area contributed by atoms with Crippen LogP contribution in [-0.2, 0) is 6.42 Å². The molecule has 0 aliphatic rings. The zero-order chi connectivity index (χ0) is 15.1. The second-order valence-electron chi connectivity index (χ2n) is 4.43. The minimum atomic E-state index is -0.175. The van der Waals surface area contributed by atoms with Crippen LogP contribution in [0.25, 0.3) is 0 Å². The molecular formula is C15H24N4O. The molecule has 2 amide bonds. The second kappa shape index (κ2) is 7.53. The molecule has 1 aromatic carbocycles. The third-order valence-corrected chi connectivity index (χ3v) is 3.22. The number of nitrogens with zero attached hydrogens (tertiary/aromatic N) is 2. The normalized spacial score (nSPS) is 11.2. The van der Waals surface area contributed by atoms with Crippen molar-refractivity contribution < 1.29 is 4.79 Å². The maximum absolute atomic E-state index is 12.4. The fraction of sp³-hybridized carbons (Fsp3) is 0.467. The molecule has 0 spiro atoms. The van der Waals surface area contributed by atoms with E-state index in [9.17, 15) is 4.79 Å². The number of aryl methyl sites for hydroxylation is 2. The molecular weight excluding hydrogens is 252 g/mol. The largest absolute Gasteiger partial charge is 0.359 e. The second-order valence-corrected chi connectivity index (χ2v) is 4.43. The fourth-order valence-corrected chi connectivity index (χ4v) is 2.19. The number of guanidine groups is 1. The standard InChI is InChI=1S/C15H24N4O/c1-6-12-10-8-9-11(3)13(12)19(7-2)15(20)18-14(16-4)17-5/h8-10H,6-7H2,1-5H3,(H2,16,17,18,20). The quantitative estimate of drug-likeness (QED) is 0.657. The topological polar surface area (TPSA) is 56.7 Å². The summed E-state index contributed by atoms with van der Waals surface area (Å²) in [6, 6.07) is 5.93. The van der Waals surface area contributed by atoms with Crippen LogP contribution in [0.1, 0.15) is 25.0 Å². The molecule has 1 rings (SSSR count). The zero-order valence-corrected chi connectivity index (χ0v) is 12.9. The van der Waals surface area contributed by atoms with E-state index in [0.29, 0.717) is 12.5 Å². The number of urea groups is 1. The zero-order valence-electron chi connectivity index (χ0n) is 12.9. The number of carbonyl (C=O) groups excluding carboxylic acids is 1. The van der Waals surface area contributed by atoms with Crippen LogP contribution in [0.5, 0.6) is 0 Å². The minimum absolute atomic E-state index is 0.175. The molecule has 0 saturated heterocycles. The van der Waals surface area contributed by atoms with Crippen molar-refractivity contribution in [2.75, 3.05) is 25.5 Å². The maximum atomic E-state index is 12.4. The van der Waals surface area contributed by atoms with Gasteiger partial charge in [-0.15, -0.1) is 0 Å². The Morgan fingerprint density at radius 2 is 2.05 bits per heavy atom. The first-order valence-corrected chi connectivity index (χ1v) is 6.90. The Labute approximate surface area is 121 Å². The van der Waals surface area contributed by atoms with Crippen LogP contribution in [0.2, 0.25) is 0 Å². The average molecular weight is 276 g/mol. The summed E-state index contributed by atoms with van der Waals surface area (Å²) in [7, 11) is 3.36. The fourth-order valence-electron chi connectivity index (χ4n) is 2.19. The summed E-state index contributed by atoms with van der Waals surface area (Å²) >= 11 is 0. The van der Waals surface area contributed by atoms with E-state index in [2.05, 4.69) is 28.6 Å². The number of hydrogen-bond donors (Lipinski definition) is 2. The molecule has 1 aromatic rings. The first-order chi connectivity index (χ1) is 9.58. The van der Waals surface area contributed by atoms with Gasteiger partial charge in [0.1, 0.15) is 0 Å². The first kappa shape index (κ1) is 16.0. The summed E-state index contributed by atoms with van der Waals surface area (Å²) in [5.74, 6) is 0.458. The van der Waals surface area contributed by atoms with Gasteiger partial charge in [0.05, 0.1) is 5.69 Å². The van der Waals surface area contributed by atoms with Gasteiger partial charge in [-0.3, -0.25) is 15.2 Å². The van der Waals surface area contributed by atoms with Crippen molar-refractivity contribution in [3.63, 3.8) is 0 Å². The SMILES string of the molecule is CCc1cccc(C)c1N(CC)C(=O)NC(=NC)NC. The van der Waals surface area contributed by atoms with E-state index >= 15 is 0 Å². The van der Waals surface area contributed by atoms with E-state index in [1.54, 1.807) is 19.0 Å². The van der Waals surface area contributed by atoms with Crippen molar-refractivity contribution in [3.8, 4) is 0 Å². The summed E-state index contributed by atoms with van der Waals surface area (Å²) in [6.45, 7) is 6.69. The number of amides is 2. The van der Waals surface area contributed by atoms with Gasteiger partial charge in [-0.1, -0.05) is 25.1 Å². The lowest BCUT2D eigenvalue weighted by Gasteiger charge is -2.26. The molecule has 0 unspecified atom stereocenters. The maximum Gasteiger partial charge on any atom is 0.328 e. The Bertz CT molecular complexity index is 497. The predicted octanol–water partition coefficient (Wildman–Crippen LogP) is 2.30. The van der Waals surface area contributed by atoms with Crippen LogP contribution < -0.4 is 15.5 Å². The number of benzene rings is 1. The molecule has 20 heavy (non-hydrogen) atoms. The summed E-state index contributed by atoms with van der Waals surface area (Å²) in [4.78, 5) is 18.1. The highest BCUT2D eigenvalue weighted by atomic mass is 16.2. The first-order valence-electron chi connectivity index (χ1n) is 6.90.